The third-order valence-electron chi connectivity index (χ3n) is 6.11. The van der Waals surface area contributed by atoms with Gasteiger partial charge in [-0.2, -0.15) is 0 Å². The van der Waals surface area contributed by atoms with Gasteiger partial charge in [-0.25, -0.2) is 0 Å². The first kappa shape index (κ1) is 24.7. The molecule has 0 aliphatic carbocycles. The van der Waals surface area contributed by atoms with E-state index in [1.165, 1.54) is 16.2 Å². The molecule has 7 heteroatoms. The minimum absolute atomic E-state index is 0.0977. The Kier molecular flexibility index (Phi) is 6.81. The molecule has 6 nitrogen and oxygen atoms in total. The number of thiophene rings is 1. The van der Waals surface area contributed by atoms with Crippen LogP contribution in [0.2, 0.25) is 0 Å². The number of nitrogens with zero attached hydrogens (tertiary/aromatic N) is 2. The van der Waals surface area contributed by atoms with E-state index >= 15 is 0 Å². The van der Waals surface area contributed by atoms with Crippen LogP contribution in [0, 0.1) is 6.92 Å². The minimum atomic E-state index is -0.693. The second kappa shape index (κ2) is 9.66. The van der Waals surface area contributed by atoms with Gasteiger partial charge in [0.25, 0.3) is 11.7 Å². The van der Waals surface area contributed by atoms with Gasteiger partial charge in [0.05, 0.1) is 24.4 Å². The van der Waals surface area contributed by atoms with Crippen molar-refractivity contribution in [2.45, 2.75) is 52.6 Å². The number of ketones is 1. The second-order valence-corrected chi connectivity index (χ2v) is 10.6. The van der Waals surface area contributed by atoms with E-state index in [-0.39, 0.29) is 23.3 Å². The van der Waals surface area contributed by atoms with E-state index in [0.29, 0.717) is 17.9 Å². The van der Waals surface area contributed by atoms with Crippen LogP contribution in [-0.2, 0) is 21.5 Å². The van der Waals surface area contributed by atoms with E-state index in [0.717, 1.165) is 21.8 Å². The lowest BCUT2D eigenvalue weighted by Gasteiger charge is -2.25. The van der Waals surface area contributed by atoms with Gasteiger partial charge in [0, 0.05) is 22.2 Å². The maximum Gasteiger partial charge on any atom is 0.296 e. The summed E-state index contributed by atoms with van der Waals surface area (Å²) in [5.41, 5.74) is 2.87. The SMILES string of the molecule is CCOc1ccc(/C(O)=C2/C(=O)C(=O)N(Cc3ccccn3)C2c2sccc2C)cc1C(C)(C)C. The summed E-state index contributed by atoms with van der Waals surface area (Å²) >= 11 is 1.47. The zero-order valence-electron chi connectivity index (χ0n) is 20.7. The number of benzene rings is 1. The Balaban J connectivity index is 1.88. The highest BCUT2D eigenvalue weighted by Gasteiger charge is 2.47. The number of rotatable bonds is 6. The van der Waals surface area contributed by atoms with Gasteiger partial charge in [0.1, 0.15) is 17.6 Å². The number of hydrogen-bond donors (Lipinski definition) is 1. The molecule has 1 aliphatic heterocycles. The van der Waals surface area contributed by atoms with Crippen LogP contribution in [0.5, 0.6) is 5.75 Å². The van der Waals surface area contributed by atoms with Crippen LogP contribution in [0.4, 0.5) is 0 Å². The average Bonchev–Trinajstić information content (AvgIpc) is 3.35. The molecule has 1 aromatic carbocycles. The van der Waals surface area contributed by atoms with E-state index in [9.17, 15) is 14.7 Å². The maximum absolute atomic E-state index is 13.3. The highest BCUT2D eigenvalue weighted by atomic mass is 32.1. The fraction of sp³-hybridized carbons (Fsp3) is 0.321. The lowest BCUT2D eigenvalue weighted by Crippen LogP contribution is -2.29. The molecule has 0 spiro atoms. The molecule has 2 aromatic heterocycles. The van der Waals surface area contributed by atoms with E-state index in [2.05, 4.69) is 25.8 Å². The van der Waals surface area contributed by atoms with Crippen LogP contribution in [0.3, 0.4) is 0 Å². The van der Waals surface area contributed by atoms with Crippen LogP contribution >= 0.6 is 11.3 Å². The van der Waals surface area contributed by atoms with Crippen molar-refractivity contribution < 1.29 is 19.4 Å². The smallest absolute Gasteiger partial charge is 0.296 e. The Bertz CT molecular complexity index is 1290. The molecule has 1 fully saturated rings. The number of pyridine rings is 1. The van der Waals surface area contributed by atoms with Crippen molar-refractivity contribution in [2.24, 2.45) is 0 Å². The van der Waals surface area contributed by atoms with Crippen LogP contribution < -0.4 is 4.74 Å². The van der Waals surface area contributed by atoms with E-state index in [1.54, 1.807) is 18.3 Å². The fourth-order valence-electron chi connectivity index (χ4n) is 4.35. The molecule has 1 N–H and O–H groups in total. The molecule has 1 saturated heterocycles. The summed E-state index contributed by atoms with van der Waals surface area (Å²) in [7, 11) is 0. The predicted octanol–water partition coefficient (Wildman–Crippen LogP) is 5.77. The van der Waals surface area contributed by atoms with Crippen molar-refractivity contribution in [1.29, 1.82) is 0 Å². The molecule has 0 bridgehead atoms. The number of aryl methyl sites for hydroxylation is 1. The van der Waals surface area contributed by atoms with Gasteiger partial charge in [-0.05, 0) is 66.6 Å². The molecule has 1 unspecified atom stereocenters. The van der Waals surface area contributed by atoms with E-state index < -0.39 is 17.7 Å². The zero-order chi connectivity index (χ0) is 25.3. The molecule has 3 aromatic rings. The predicted molar refractivity (Wildman–Crippen MR) is 137 cm³/mol. The Labute approximate surface area is 209 Å². The van der Waals surface area contributed by atoms with Crippen LogP contribution in [-0.4, -0.2) is 33.3 Å². The number of hydrogen-bond acceptors (Lipinski definition) is 6. The summed E-state index contributed by atoms with van der Waals surface area (Å²) in [5.74, 6) is -0.782. The number of aliphatic hydroxyl groups is 1. The number of Topliss-reactive ketones (excluding diaryl/α,β-unsaturated/α-hetero) is 1. The fourth-order valence-corrected chi connectivity index (χ4v) is 5.39. The van der Waals surface area contributed by atoms with Gasteiger partial charge in [-0.1, -0.05) is 26.8 Å². The largest absolute Gasteiger partial charge is 0.507 e. The van der Waals surface area contributed by atoms with Gasteiger partial charge in [-0.15, -0.1) is 11.3 Å². The van der Waals surface area contributed by atoms with Crippen LogP contribution in [0.25, 0.3) is 5.76 Å². The van der Waals surface area contributed by atoms with Crippen molar-refractivity contribution in [1.82, 2.24) is 9.88 Å². The first-order valence-electron chi connectivity index (χ1n) is 11.6. The van der Waals surface area contributed by atoms with Gasteiger partial charge in [0.2, 0.25) is 0 Å². The zero-order valence-corrected chi connectivity index (χ0v) is 21.5. The minimum Gasteiger partial charge on any atom is -0.507 e. The van der Waals surface area contributed by atoms with E-state index in [1.807, 2.05) is 49.6 Å². The summed E-state index contributed by atoms with van der Waals surface area (Å²) < 4.78 is 5.81. The number of amides is 1. The van der Waals surface area contributed by atoms with Crippen molar-refractivity contribution in [2.75, 3.05) is 6.61 Å². The Morgan fingerprint density at radius 1 is 1.17 bits per heavy atom. The average molecular weight is 491 g/mol. The first-order valence-corrected chi connectivity index (χ1v) is 12.5. The first-order chi connectivity index (χ1) is 16.6. The number of likely N-dealkylation sites (tertiary alicyclic amines) is 1. The molecule has 4 rings (SSSR count). The Morgan fingerprint density at radius 3 is 2.54 bits per heavy atom. The number of ether oxygens (including phenoxy) is 1. The Morgan fingerprint density at radius 2 is 1.94 bits per heavy atom. The topological polar surface area (TPSA) is 79.7 Å². The summed E-state index contributed by atoms with van der Waals surface area (Å²) in [4.78, 5) is 33.3. The summed E-state index contributed by atoms with van der Waals surface area (Å²) in [6, 6.07) is 12.1. The maximum atomic E-state index is 13.3. The monoisotopic (exact) mass is 490 g/mol. The molecule has 1 amide bonds. The number of aliphatic hydroxyl groups excluding tert-OH is 1. The summed E-state index contributed by atoms with van der Waals surface area (Å²) in [5, 5.41) is 13.4. The standard InChI is InChI=1S/C28H30N2O4S/c1-6-34-21-11-10-18(15-20(21)28(3,4)5)24(31)22-23(26-17(2)12-14-35-26)30(27(33)25(22)32)16-19-9-7-8-13-29-19/h7-15,23,31H,6,16H2,1-5H3/b24-22-. The van der Waals surface area contributed by atoms with Gasteiger partial charge in [-0.3, -0.25) is 14.6 Å². The number of carbonyl (C=O) groups excluding carboxylic acids is 2. The molecule has 182 valence electrons. The van der Waals surface area contributed by atoms with Crippen LogP contribution in [0.15, 0.2) is 59.6 Å². The van der Waals surface area contributed by atoms with Gasteiger partial charge >= 0.3 is 0 Å². The number of aromatic nitrogens is 1. The van der Waals surface area contributed by atoms with Crippen molar-refractivity contribution in [3.8, 4) is 5.75 Å². The van der Waals surface area contributed by atoms with E-state index in [4.69, 9.17) is 4.74 Å². The third kappa shape index (κ3) is 4.73. The van der Waals surface area contributed by atoms with Crippen molar-refractivity contribution in [3.63, 3.8) is 0 Å². The molecule has 0 saturated carbocycles. The lowest BCUT2D eigenvalue weighted by atomic mass is 9.84. The quantitative estimate of drug-likeness (QED) is 0.270. The van der Waals surface area contributed by atoms with Crippen molar-refractivity contribution >= 4 is 28.8 Å². The Hall–Kier alpha value is -3.45. The second-order valence-electron chi connectivity index (χ2n) is 9.61. The normalized spacial score (nSPS) is 17.7. The molecule has 35 heavy (non-hydrogen) atoms. The summed E-state index contributed by atoms with van der Waals surface area (Å²) in [6.45, 7) is 10.7. The summed E-state index contributed by atoms with van der Waals surface area (Å²) in [6.07, 6.45) is 1.66. The lowest BCUT2D eigenvalue weighted by molar-refractivity contribution is -0.140. The highest BCUT2D eigenvalue weighted by molar-refractivity contribution is 7.10. The molecule has 1 aliphatic rings. The highest BCUT2D eigenvalue weighted by Crippen LogP contribution is 2.44. The van der Waals surface area contributed by atoms with Crippen molar-refractivity contribution in [3.05, 3.63) is 86.9 Å². The molecular formula is C28H30N2O4S. The molecular weight excluding hydrogens is 460 g/mol. The third-order valence-corrected chi connectivity index (χ3v) is 7.18. The molecule has 1 atom stereocenters. The van der Waals surface area contributed by atoms with Crippen LogP contribution in [0.1, 0.15) is 61.0 Å². The molecule has 0 radical (unpaired) electrons. The number of carbonyl (C=O) groups is 2. The van der Waals surface area contributed by atoms with Gasteiger partial charge in [0.15, 0.2) is 0 Å². The molecule has 3 heterocycles. The van der Waals surface area contributed by atoms with Gasteiger partial charge < -0.3 is 14.7 Å².